The molecule has 0 fully saturated rings. The molecule has 0 atom stereocenters. The van der Waals surface area contributed by atoms with Crippen LogP contribution in [0.15, 0.2) is 152 Å². The maximum absolute atomic E-state index is 2.49. The fraction of sp³-hybridized carbons (Fsp3) is 0.185. The zero-order chi connectivity index (χ0) is 37.1. The zero-order valence-electron chi connectivity index (χ0n) is 32.4. The lowest BCUT2D eigenvalue weighted by Gasteiger charge is -2.23. The van der Waals surface area contributed by atoms with Gasteiger partial charge in [0.15, 0.2) is 0 Å². The van der Waals surface area contributed by atoms with Crippen LogP contribution in [0.4, 0.5) is 0 Å². The Hall–Kier alpha value is -5.72. The minimum Gasteiger partial charge on any atom is -0.0619 e. The molecule has 8 aromatic carbocycles. The van der Waals surface area contributed by atoms with E-state index in [2.05, 4.69) is 200 Å². The van der Waals surface area contributed by atoms with E-state index in [1.54, 1.807) is 0 Å². The molecule has 0 unspecified atom stereocenters. The minimum absolute atomic E-state index is 0.0582. The second kappa shape index (κ2) is 11.4. The molecule has 2 aliphatic rings. The van der Waals surface area contributed by atoms with E-state index in [1.165, 1.54) is 105 Å². The lowest BCUT2D eigenvalue weighted by Crippen LogP contribution is -2.14. The highest BCUT2D eigenvalue weighted by molar-refractivity contribution is 6.23. The average molecular weight is 695 g/mol. The third-order valence-corrected chi connectivity index (χ3v) is 12.9. The highest BCUT2D eigenvalue weighted by Crippen LogP contribution is 2.55. The SMILES string of the molecule is CC(C)(C)c1ccc(-c2c3ccccc3c(-c3cccc4c3-c3ccccc3C4(C)C)c3cc(-c4ccc5c(c4)C(C)(C)c4ccccc4-5)ccc23)cc1. The molecule has 0 nitrogen and oxygen atoms in total. The normalized spacial score (nSPS) is 14.9. The van der Waals surface area contributed by atoms with E-state index in [9.17, 15) is 0 Å². The van der Waals surface area contributed by atoms with Crippen LogP contribution >= 0.6 is 0 Å². The number of hydrogen-bond acceptors (Lipinski definition) is 0. The molecular formula is C54H46. The Bertz CT molecular complexity index is 2830. The molecular weight excluding hydrogens is 649 g/mol. The summed E-state index contributed by atoms with van der Waals surface area (Å²) in [4.78, 5) is 0. The Morgan fingerprint density at radius 1 is 0.333 bits per heavy atom. The number of fused-ring (bicyclic) bond motifs is 8. The van der Waals surface area contributed by atoms with Crippen LogP contribution in [0.1, 0.15) is 76.3 Å². The predicted molar refractivity (Wildman–Crippen MR) is 232 cm³/mol. The first-order valence-corrected chi connectivity index (χ1v) is 19.5. The van der Waals surface area contributed by atoms with E-state index in [1.807, 2.05) is 0 Å². The van der Waals surface area contributed by atoms with Gasteiger partial charge < -0.3 is 0 Å². The molecule has 0 spiro atoms. The van der Waals surface area contributed by atoms with Gasteiger partial charge in [0.05, 0.1) is 0 Å². The number of rotatable bonds is 3. The number of hydrogen-bond donors (Lipinski definition) is 0. The van der Waals surface area contributed by atoms with E-state index >= 15 is 0 Å². The van der Waals surface area contributed by atoms with Crippen molar-refractivity contribution in [2.45, 2.75) is 64.7 Å². The summed E-state index contributed by atoms with van der Waals surface area (Å²) in [6.07, 6.45) is 0. The van der Waals surface area contributed by atoms with Gasteiger partial charge in [0.25, 0.3) is 0 Å². The summed E-state index contributed by atoms with van der Waals surface area (Å²) in [6.45, 7) is 16.4. The Balaban J connectivity index is 1.29. The van der Waals surface area contributed by atoms with Crippen molar-refractivity contribution >= 4 is 21.5 Å². The molecule has 0 aliphatic heterocycles. The van der Waals surface area contributed by atoms with Crippen molar-refractivity contribution < 1.29 is 0 Å². The summed E-state index contributed by atoms with van der Waals surface area (Å²) in [5.74, 6) is 0. The van der Waals surface area contributed by atoms with E-state index in [4.69, 9.17) is 0 Å². The van der Waals surface area contributed by atoms with E-state index in [0.717, 1.165) is 0 Å². The Kier molecular flexibility index (Phi) is 6.94. The van der Waals surface area contributed by atoms with Crippen molar-refractivity contribution in [2.75, 3.05) is 0 Å². The molecule has 0 heteroatoms. The topological polar surface area (TPSA) is 0 Å². The lowest BCUT2D eigenvalue weighted by molar-refractivity contribution is 0.590. The largest absolute Gasteiger partial charge is 0.0619 e. The second-order valence-electron chi connectivity index (χ2n) is 17.7. The Morgan fingerprint density at radius 3 is 1.56 bits per heavy atom. The quantitative estimate of drug-likeness (QED) is 0.162. The zero-order valence-corrected chi connectivity index (χ0v) is 32.4. The van der Waals surface area contributed by atoms with Crippen LogP contribution in [0, 0.1) is 0 Å². The third-order valence-electron chi connectivity index (χ3n) is 12.9. The fourth-order valence-electron chi connectivity index (χ4n) is 9.94. The molecule has 0 amide bonds. The van der Waals surface area contributed by atoms with Crippen molar-refractivity contribution in [3.63, 3.8) is 0 Å². The van der Waals surface area contributed by atoms with E-state index in [0.29, 0.717) is 0 Å². The highest BCUT2D eigenvalue weighted by atomic mass is 14.4. The summed E-state index contributed by atoms with van der Waals surface area (Å²) >= 11 is 0. The van der Waals surface area contributed by atoms with Crippen molar-refractivity contribution in [2.24, 2.45) is 0 Å². The van der Waals surface area contributed by atoms with Crippen molar-refractivity contribution in [3.05, 3.63) is 179 Å². The Morgan fingerprint density at radius 2 is 0.833 bits per heavy atom. The van der Waals surface area contributed by atoms with E-state index in [-0.39, 0.29) is 16.2 Å². The molecule has 0 N–H and O–H groups in total. The van der Waals surface area contributed by atoms with Crippen molar-refractivity contribution in [3.8, 4) is 55.6 Å². The van der Waals surface area contributed by atoms with Gasteiger partial charge in [-0.2, -0.15) is 0 Å². The fourth-order valence-corrected chi connectivity index (χ4v) is 9.94. The van der Waals surface area contributed by atoms with Crippen LogP contribution in [0.25, 0.3) is 77.2 Å². The first-order valence-electron chi connectivity index (χ1n) is 19.5. The molecule has 54 heavy (non-hydrogen) atoms. The van der Waals surface area contributed by atoms with Gasteiger partial charge in [-0.3, -0.25) is 0 Å². The second-order valence-corrected chi connectivity index (χ2v) is 17.7. The maximum Gasteiger partial charge on any atom is 0.0159 e. The van der Waals surface area contributed by atoms with Crippen LogP contribution in [0.2, 0.25) is 0 Å². The lowest BCUT2D eigenvalue weighted by atomic mass is 9.80. The van der Waals surface area contributed by atoms with Gasteiger partial charge in [0.1, 0.15) is 0 Å². The van der Waals surface area contributed by atoms with Gasteiger partial charge >= 0.3 is 0 Å². The first kappa shape index (κ1) is 32.9. The molecule has 0 saturated heterocycles. The van der Waals surface area contributed by atoms with Crippen LogP contribution in [0.5, 0.6) is 0 Å². The van der Waals surface area contributed by atoms with Gasteiger partial charge in [0, 0.05) is 10.8 Å². The summed E-state index contributed by atoms with van der Waals surface area (Å²) in [6, 6.07) is 57.8. The van der Waals surface area contributed by atoms with Gasteiger partial charge in [-0.05, 0) is 123 Å². The molecule has 8 aromatic rings. The summed E-state index contributed by atoms with van der Waals surface area (Å²) in [7, 11) is 0. The summed E-state index contributed by atoms with van der Waals surface area (Å²) in [5.41, 5.74) is 20.0. The minimum atomic E-state index is -0.0811. The van der Waals surface area contributed by atoms with Crippen LogP contribution in [-0.4, -0.2) is 0 Å². The maximum atomic E-state index is 2.49. The predicted octanol–water partition coefficient (Wildman–Crippen LogP) is 14.9. The van der Waals surface area contributed by atoms with Crippen molar-refractivity contribution in [1.82, 2.24) is 0 Å². The van der Waals surface area contributed by atoms with Gasteiger partial charge in [0.2, 0.25) is 0 Å². The van der Waals surface area contributed by atoms with E-state index < -0.39 is 0 Å². The first-order chi connectivity index (χ1) is 25.9. The molecule has 0 bridgehead atoms. The highest BCUT2D eigenvalue weighted by Gasteiger charge is 2.38. The van der Waals surface area contributed by atoms with Crippen LogP contribution < -0.4 is 0 Å². The van der Waals surface area contributed by atoms with Gasteiger partial charge in [-0.25, -0.2) is 0 Å². The standard InChI is InChI=1S/C54H46/c1-52(2,3)36-27-23-33(24-28-36)49-39-16-8-9-17-40(39)50(43-19-14-22-47-51(43)42-18-11-13-21-46(42)53(47,4)5)44-31-34(26-30-41(44)49)35-25-29-38-37-15-10-12-20-45(37)54(6,7)48(38)32-35/h8-32H,1-7H3. The number of benzene rings is 8. The summed E-state index contributed by atoms with van der Waals surface area (Å²) < 4.78 is 0. The third kappa shape index (κ3) is 4.62. The Labute approximate surface area is 320 Å². The monoisotopic (exact) mass is 694 g/mol. The molecule has 2 aliphatic carbocycles. The van der Waals surface area contributed by atoms with Gasteiger partial charge in [-0.1, -0.05) is 188 Å². The molecule has 0 saturated carbocycles. The van der Waals surface area contributed by atoms with Gasteiger partial charge in [-0.15, -0.1) is 0 Å². The smallest absolute Gasteiger partial charge is 0.0159 e. The molecule has 0 radical (unpaired) electrons. The molecule has 262 valence electrons. The molecule has 0 aromatic heterocycles. The van der Waals surface area contributed by atoms with Crippen molar-refractivity contribution in [1.29, 1.82) is 0 Å². The molecule has 10 rings (SSSR count). The average Bonchev–Trinajstić information content (AvgIpc) is 3.56. The van der Waals surface area contributed by atoms with Crippen LogP contribution in [-0.2, 0) is 16.2 Å². The van der Waals surface area contributed by atoms with Crippen LogP contribution in [0.3, 0.4) is 0 Å². The summed E-state index contributed by atoms with van der Waals surface area (Å²) in [5, 5.41) is 5.15. The molecule has 0 heterocycles.